The lowest BCUT2D eigenvalue weighted by Crippen LogP contribution is -2.34. The van der Waals surface area contributed by atoms with Crippen LogP contribution in [0.3, 0.4) is 0 Å². The Kier molecular flexibility index (Phi) is 5.40. The van der Waals surface area contributed by atoms with Gasteiger partial charge in [0.05, 0.1) is 12.7 Å². The van der Waals surface area contributed by atoms with Gasteiger partial charge in [0, 0.05) is 25.8 Å². The van der Waals surface area contributed by atoms with Gasteiger partial charge >= 0.3 is 0 Å². The van der Waals surface area contributed by atoms with Gasteiger partial charge in [-0.3, -0.25) is 0 Å². The lowest BCUT2D eigenvalue weighted by atomic mass is 10.1. The van der Waals surface area contributed by atoms with Crippen LogP contribution in [0.15, 0.2) is 18.2 Å². The van der Waals surface area contributed by atoms with Gasteiger partial charge in [-0.2, -0.15) is 0 Å². The monoisotopic (exact) mass is 307 g/mol. The van der Waals surface area contributed by atoms with Crippen LogP contribution < -0.4 is 14.2 Å². The van der Waals surface area contributed by atoms with Crippen LogP contribution in [0, 0.1) is 0 Å². The second kappa shape index (κ2) is 7.70. The van der Waals surface area contributed by atoms with E-state index in [1.807, 2.05) is 18.2 Å². The lowest BCUT2D eigenvalue weighted by molar-refractivity contribution is -0.00193. The van der Waals surface area contributed by atoms with Gasteiger partial charge in [0.15, 0.2) is 11.5 Å². The van der Waals surface area contributed by atoms with Gasteiger partial charge in [-0.1, -0.05) is 0 Å². The van der Waals surface area contributed by atoms with E-state index in [-0.39, 0.29) is 0 Å². The molecular formula is C17H25NO4. The lowest BCUT2D eigenvalue weighted by Gasteiger charge is -2.27. The van der Waals surface area contributed by atoms with Crippen LogP contribution in [0.25, 0.3) is 0 Å². The second-order valence-electron chi connectivity index (χ2n) is 5.97. The highest BCUT2D eigenvalue weighted by molar-refractivity contribution is 5.46. The van der Waals surface area contributed by atoms with Gasteiger partial charge in [0.1, 0.15) is 5.75 Å². The molecule has 0 radical (unpaired) electrons. The van der Waals surface area contributed by atoms with Crippen molar-refractivity contribution in [1.29, 1.82) is 0 Å². The van der Waals surface area contributed by atoms with Crippen LogP contribution >= 0.6 is 0 Å². The summed E-state index contributed by atoms with van der Waals surface area (Å²) >= 11 is 0. The maximum atomic E-state index is 5.78. The first-order chi connectivity index (χ1) is 10.8. The minimum absolute atomic E-state index is 0.298. The Bertz CT molecular complexity index is 474. The third-order valence-corrected chi connectivity index (χ3v) is 4.09. The fourth-order valence-corrected chi connectivity index (χ4v) is 2.88. The van der Waals surface area contributed by atoms with E-state index in [0.717, 1.165) is 43.4 Å². The van der Waals surface area contributed by atoms with Crippen molar-refractivity contribution in [3.8, 4) is 17.2 Å². The molecular weight excluding hydrogens is 282 g/mol. The molecule has 0 aliphatic carbocycles. The number of likely N-dealkylation sites (N-methyl/N-ethyl adjacent to an activating group) is 1. The summed E-state index contributed by atoms with van der Waals surface area (Å²) in [5.41, 5.74) is 0. The van der Waals surface area contributed by atoms with E-state index >= 15 is 0 Å². The van der Waals surface area contributed by atoms with Crippen LogP contribution in [-0.2, 0) is 4.74 Å². The molecule has 0 spiro atoms. The fraction of sp³-hybridized carbons (Fsp3) is 0.647. The number of hydrogen-bond donors (Lipinski definition) is 0. The number of rotatable bonds is 7. The maximum Gasteiger partial charge on any atom is 0.231 e. The number of fused-ring (bicyclic) bond motifs is 1. The number of nitrogens with zero attached hydrogens (tertiary/aromatic N) is 1. The summed E-state index contributed by atoms with van der Waals surface area (Å²) in [5, 5.41) is 0. The van der Waals surface area contributed by atoms with Crippen molar-refractivity contribution in [3.05, 3.63) is 18.2 Å². The minimum atomic E-state index is 0.298. The van der Waals surface area contributed by atoms with Gasteiger partial charge in [-0.05, 0) is 44.9 Å². The van der Waals surface area contributed by atoms with Gasteiger partial charge in [-0.25, -0.2) is 0 Å². The molecule has 0 aromatic heterocycles. The van der Waals surface area contributed by atoms with Crippen molar-refractivity contribution in [2.45, 2.75) is 31.8 Å². The van der Waals surface area contributed by atoms with Crippen molar-refractivity contribution in [1.82, 2.24) is 4.90 Å². The molecule has 1 saturated heterocycles. The zero-order valence-electron chi connectivity index (χ0n) is 13.3. The minimum Gasteiger partial charge on any atom is -0.493 e. The predicted octanol–water partition coefficient (Wildman–Crippen LogP) is 2.69. The Hall–Kier alpha value is -1.46. The summed E-state index contributed by atoms with van der Waals surface area (Å²) in [5.74, 6) is 2.39. The zero-order valence-corrected chi connectivity index (χ0v) is 13.3. The van der Waals surface area contributed by atoms with Gasteiger partial charge in [0.25, 0.3) is 0 Å². The van der Waals surface area contributed by atoms with E-state index < -0.39 is 0 Å². The maximum absolute atomic E-state index is 5.78. The quantitative estimate of drug-likeness (QED) is 0.724. The molecule has 5 nitrogen and oxygen atoms in total. The summed E-state index contributed by atoms with van der Waals surface area (Å²) in [6.07, 6.45) is 5.11. The summed E-state index contributed by atoms with van der Waals surface area (Å²) < 4.78 is 22.2. The van der Waals surface area contributed by atoms with E-state index in [1.54, 1.807) is 0 Å². The Morgan fingerprint density at radius 3 is 3.00 bits per heavy atom. The molecule has 0 bridgehead atoms. The predicted molar refractivity (Wildman–Crippen MR) is 83.8 cm³/mol. The Balaban J connectivity index is 1.33. The molecule has 0 saturated carbocycles. The average molecular weight is 307 g/mol. The van der Waals surface area contributed by atoms with E-state index in [0.29, 0.717) is 19.5 Å². The van der Waals surface area contributed by atoms with Crippen LogP contribution in [0.5, 0.6) is 17.2 Å². The van der Waals surface area contributed by atoms with Crippen molar-refractivity contribution in [2.75, 3.05) is 40.1 Å². The molecule has 2 aliphatic rings. The van der Waals surface area contributed by atoms with Crippen LogP contribution in [0.4, 0.5) is 0 Å². The smallest absolute Gasteiger partial charge is 0.231 e. The second-order valence-corrected chi connectivity index (χ2v) is 5.97. The fourth-order valence-electron chi connectivity index (χ4n) is 2.88. The average Bonchev–Trinajstić information content (AvgIpc) is 3.00. The molecule has 1 fully saturated rings. The Morgan fingerprint density at radius 1 is 1.23 bits per heavy atom. The zero-order chi connectivity index (χ0) is 15.2. The summed E-state index contributed by atoms with van der Waals surface area (Å²) in [4.78, 5) is 2.33. The molecule has 2 aliphatic heterocycles. The molecule has 1 aromatic carbocycles. The van der Waals surface area contributed by atoms with Gasteiger partial charge < -0.3 is 23.8 Å². The topological polar surface area (TPSA) is 40.2 Å². The SMILES string of the molecule is CN(CCCOc1ccc2c(c1)OCO2)CC1CCCCO1. The normalized spacial score (nSPS) is 20.4. The highest BCUT2D eigenvalue weighted by atomic mass is 16.7. The first-order valence-electron chi connectivity index (χ1n) is 8.14. The van der Waals surface area contributed by atoms with Crippen molar-refractivity contribution in [3.63, 3.8) is 0 Å². The third-order valence-electron chi connectivity index (χ3n) is 4.09. The molecule has 2 heterocycles. The standard InChI is InChI=1S/C17H25NO4/c1-18(12-15-5-2-3-9-20-15)8-4-10-19-14-6-7-16-17(11-14)22-13-21-16/h6-7,11,15H,2-5,8-10,12-13H2,1H3. The van der Waals surface area contributed by atoms with Crippen LogP contribution in [0.1, 0.15) is 25.7 Å². The van der Waals surface area contributed by atoms with E-state index in [4.69, 9.17) is 18.9 Å². The third kappa shape index (κ3) is 4.27. The van der Waals surface area contributed by atoms with Crippen molar-refractivity contribution < 1.29 is 18.9 Å². The molecule has 3 rings (SSSR count). The first-order valence-corrected chi connectivity index (χ1v) is 8.14. The summed E-state index contributed by atoms with van der Waals surface area (Å²) in [6, 6.07) is 5.71. The van der Waals surface area contributed by atoms with Crippen LogP contribution in [-0.4, -0.2) is 51.1 Å². The number of ether oxygens (including phenoxy) is 4. The van der Waals surface area contributed by atoms with Crippen molar-refractivity contribution >= 4 is 0 Å². The molecule has 22 heavy (non-hydrogen) atoms. The summed E-state index contributed by atoms with van der Waals surface area (Å²) in [6.45, 7) is 3.96. The molecule has 0 amide bonds. The molecule has 1 unspecified atom stereocenters. The van der Waals surface area contributed by atoms with Crippen LogP contribution in [0.2, 0.25) is 0 Å². The summed E-state index contributed by atoms with van der Waals surface area (Å²) in [7, 11) is 2.15. The molecule has 122 valence electrons. The van der Waals surface area contributed by atoms with E-state index in [9.17, 15) is 0 Å². The highest BCUT2D eigenvalue weighted by Gasteiger charge is 2.16. The van der Waals surface area contributed by atoms with Crippen molar-refractivity contribution in [2.24, 2.45) is 0 Å². The largest absolute Gasteiger partial charge is 0.493 e. The Labute approximate surface area is 132 Å². The van der Waals surface area contributed by atoms with Gasteiger partial charge in [0.2, 0.25) is 6.79 Å². The highest BCUT2D eigenvalue weighted by Crippen LogP contribution is 2.35. The van der Waals surface area contributed by atoms with E-state index in [2.05, 4.69) is 11.9 Å². The molecule has 1 aromatic rings. The molecule has 0 N–H and O–H groups in total. The number of hydrogen-bond acceptors (Lipinski definition) is 5. The molecule has 5 heteroatoms. The first kappa shape index (κ1) is 15.4. The molecule has 1 atom stereocenters. The van der Waals surface area contributed by atoms with Gasteiger partial charge in [-0.15, -0.1) is 0 Å². The van der Waals surface area contributed by atoms with E-state index in [1.165, 1.54) is 19.3 Å². The Morgan fingerprint density at radius 2 is 2.14 bits per heavy atom. The number of benzene rings is 1.